The summed E-state index contributed by atoms with van der Waals surface area (Å²) in [5.41, 5.74) is 6.39. The van der Waals surface area contributed by atoms with Gasteiger partial charge >= 0.3 is 12.1 Å². The van der Waals surface area contributed by atoms with Gasteiger partial charge in [0.1, 0.15) is 12.6 Å². The quantitative estimate of drug-likeness (QED) is 0.127. The summed E-state index contributed by atoms with van der Waals surface area (Å²) < 4.78 is 11.1. The molecule has 0 unspecified atom stereocenters. The molecule has 1 aromatic heterocycles. The Morgan fingerprint density at radius 2 is 1.70 bits per heavy atom. The fourth-order valence-electron chi connectivity index (χ4n) is 6.78. The van der Waals surface area contributed by atoms with Gasteiger partial charge in [0.05, 0.1) is 41.9 Å². The van der Waals surface area contributed by atoms with Crippen LogP contribution >= 0.6 is 11.3 Å². The number of hydrogen-bond acceptors (Lipinski definition) is 9. The number of thiazole rings is 1. The number of nitrogens with one attached hydrogen (secondary N) is 3. The number of aromatic nitrogens is 1. The molecule has 5 rings (SSSR count). The predicted molar refractivity (Wildman–Crippen MR) is 222 cm³/mol. The SMILES string of the molecule is C=C(c1ccccc1)[C@@H](CC[C@H](Cc1ccccc1)NC(=O)OCc1cncs1)NC(=O)[C@H](CCN1CCOCC1)NC(=O)N(C)CC1=CCCC(C(C)C)=N1. The minimum Gasteiger partial charge on any atom is -0.444 e. The number of morpholine rings is 1. The van der Waals surface area contributed by atoms with E-state index in [9.17, 15) is 14.4 Å². The van der Waals surface area contributed by atoms with Gasteiger partial charge in [0, 0.05) is 44.6 Å². The van der Waals surface area contributed by atoms with Gasteiger partial charge in [0.2, 0.25) is 5.91 Å². The van der Waals surface area contributed by atoms with E-state index >= 15 is 0 Å². The normalized spacial score (nSPS) is 16.1. The maximum Gasteiger partial charge on any atom is 0.407 e. The van der Waals surface area contributed by atoms with Crippen molar-refractivity contribution in [2.24, 2.45) is 10.9 Å². The summed E-state index contributed by atoms with van der Waals surface area (Å²) >= 11 is 1.42. The summed E-state index contributed by atoms with van der Waals surface area (Å²) in [6, 6.07) is 17.8. The first-order valence-electron chi connectivity index (χ1n) is 19.6. The number of carbonyl (C=O) groups excluding carboxylic acids is 3. The lowest BCUT2D eigenvalue weighted by Crippen LogP contribution is -2.54. The lowest BCUT2D eigenvalue weighted by atomic mass is 9.92. The molecule has 1 saturated heterocycles. The number of amides is 4. The third-order valence-corrected chi connectivity index (χ3v) is 10.8. The van der Waals surface area contributed by atoms with Crippen LogP contribution in [0.1, 0.15) is 62.0 Å². The Bertz CT molecular complexity index is 1760. The van der Waals surface area contributed by atoms with Gasteiger partial charge in [-0.15, -0.1) is 11.3 Å². The number of likely N-dealkylation sites (N-methyl/N-ethyl adjacent to an activating group) is 1. The zero-order chi connectivity index (χ0) is 39.7. The zero-order valence-corrected chi connectivity index (χ0v) is 33.8. The van der Waals surface area contributed by atoms with E-state index in [1.165, 1.54) is 11.3 Å². The topological polar surface area (TPSA) is 137 Å². The Balaban J connectivity index is 1.31. The number of aliphatic imine (C=N–C) groups is 1. The zero-order valence-electron chi connectivity index (χ0n) is 33.0. The van der Waals surface area contributed by atoms with Crippen LogP contribution < -0.4 is 16.0 Å². The van der Waals surface area contributed by atoms with Gasteiger partial charge in [-0.1, -0.05) is 87.2 Å². The Morgan fingerprint density at radius 1 is 0.964 bits per heavy atom. The van der Waals surface area contributed by atoms with E-state index in [2.05, 4.69) is 52.3 Å². The smallest absolute Gasteiger partial charge is 0.407 e. The van der Waals surface area contributed by atoms with Crippen molar-refractivity contribution in [3.8, 4) is 0 Å². The predicted octanol–water partition coefficient (Wildman–Crippen LogP) is 6.47. The number of ether oxygens (including phenoxy) is 2. The minimum absolute atomic E-state index is 0.134. The van der Waals surface area contributed by atoms with Gasteiger partial charge in [-0.25, -0.2) is 9.59 Å². The highest BCUT2D eigenvalue weighted by Crippen LogP contribution is 2.22. The Morgan fingerprint density at radius 3 is 2.39 bits per heavy atom. The van der Waals surface area contributed by atoms with E-state index < -0.39 is 18.2 Å². The molecule has 0 saturated carbocycles. The average molecular weight is 784 g/mol. The van der Waals surface area contributed by atoms with Crippen LogP contribution in [0.15, 0.2) is 95.7 Å². The van der Waals surface area contributed by atoms with Crippen molar-refractivity contribution in [1.82, 2.24) is 30.7 Å². The standard InChI is InChI=1S/C43H57N7O5S/c1-31(2)38-17-11-16-36(45-38)28-49(4)42(52)48-40(20-21-50-22-24-54-25-23-50)41(51)47-39(32(3)34-14-9-6-10-15-34)19-18-35(26-33-12-7-5-8-13-33)46-43(53)55-29-37-27-44-30-56-37/h5-10,12-16,27,30-31,35,39-40H,3,11,17-26,28-29H2,1-2,4H3,(H,46,53)(H,47,51)(H,48,52)/t35-,39-,40+/m1/s1. The number of nitrogens with zero attached hydrogens (tertiary/aromatic N) is 4. The second kappa shape index (κ2) is 22.0. The van der Waals surface area contributed by atoms with Crippen molar-refractivity contribution in [2.45, 2.75) is 77.1 Å². The highest BCUT2D eigenvalue weighted by Gasteiger charge is 2.28. The lowest BCUT2D eigenvalue weighted by molar-refractivity contribution is -0.123. The third kappa shape index (κ3) is 13.7. The second-order valence-electron chi connectivity index (χ2n) is 14.7. The first-order valence-corrected chi connectivity index (χ1v) is 20.5. The van der Waals surface area contributed by atoms with Gasteiger partial charge < -0.3 is 30.3 Å². The van der Waals surface area contributed by atoms with Gasteiger partial charge in [-0.3, -0.25) is 19.7 Å². The fourth-order valence-corrected chi connectivity index (χ4v) is 7.28. The Kier molecular flexibility index (Phi) is 16.6. The summed E-state index contributed by atoms with van der Waals surface area (Å²) in [6.07, 6.45) is 7.04. The number of rotatable bonds is 19. The first-order chi connectivity index (χ1) is 27.1. The molecule has 2 aliphatic rings. The average Bonchev–Trinajstić information content (AvgIpc) is 3.75. The fraction of sp³-hybridized carbons (Fsp3) is 0.465. The van der Waals surface area contributed by atoms with Crippen LogP contribution in [0, 0.1) is 5.92 Å². The summed E-state index contributed by atoms with van der Waals surface area (Å²) in [5, 5.41) is 9.38. The molecule has 1 fully saturated rings. The number of hydrogen-bond donors (Lipinski definition) is 3. The van der Waals surface area contributed by atoms with Crippen LogP contribution in [0.5, 0.6) is 0 Å². The number of benzene rings is 2. The Labute approximate surface area is 335 Å². The second-order valence-corrected chi connectivity index (χ2v) is 15.7. The molecular formula is C43H57N7O5S. The van der Waals surface area contributed by atoms with Crippen LogP contribution in [0.25, 0.3) is 5.57 Å². The molecule has 2 aromatic carbocycles. The Hall–Kier alpha value is -4.85. The van der Waals surface area contributed by atoms with E-state index in [4.69, 9.17) is 14.5 Å². The molecule has 13 heteroatoms. The van der Waals surface area contributed by atoms with Crippen molar-refractivity contribution in [2.75, 3.05) is 46.4 Å². The van der Waals surface area contributed by atoms with E-state index in [1.54, 1.807) is 23.7 Å². The highest BCUT2D eigenvalue weighted by molar-refractivity contribution is 7.09. The molecule has 3 heterocycles. The number of alkyl carbamates (subject to hydrolysis) is 1. The van der Waals surface area contributed by atoms with E-state index in [0.717, 1.165) is 58.9 Å². The largest absolute Gasteiger partial charge is 0.444 e. The van der Waals surface area contributed by atoms with Crippen molar-refractivity contribution < 1.29 is 23.9 Å². The van der Waals surface area contributed by atoms with Crippen molar-refractivity contribution in [3.05, 3.63) is 107 Å². The van der Waals surface area contributed by atoms with E-state index in [1.807, 2.05) is 60.7 Å². The third-order valence-electron chi connectivity index (χ3n) is 10.1. The molecule has 0 aliphatic carbocycles. The molecular weight excluding hydrogens is 727 g/mol. The molecule has 3 N–H and O–H groups in total. The minimum atomic E-state index is -0.811. The van der Waals surface area contributed by atoms with Gasteiger partial charge in [-0.05, 0) is 61.1 Å². The summed E-state index contributed by atoms with van der Waals surface area (Å²) in [6.45, 7) is 12.6. The van der Waals surface area contributed by atoms with Gasteiger partial charge in [-0.2, -0.15) is 0 Å². The van der Waals surface area contributed by atoms with Crippen molar-refractivity contribution >= 4 is 40.7 Å². The molecule has 0 spiro atoms. The molecule has 0 bridgehead atoms. The number of allylic oxidation sites excluding steroid dienone is 1. The molecule has 3 atom stereocenters. The van der Waals surface area contributed by atoms with Crippen molar-refractivity contribution in [1.29, 1.82) is 0 Å². The van der Waals surface area contributed by atoms with Crippen molar-refractivity contribution in [3.63, 3.8) is 0 Å². The summed E-state index contributed by atoms with van der Waals surface area (Å²) in [4.78, 5) is 54.7. The first kappa shape index (κ1) is 42.3. The van der Waals surface area contributed by atoms with Crippen LogP contribution in [0.3, 0.4) is 0 Å². The molecule has 0 radical (unpaired) electrons. The lowest BCUT2D eigenvalue weighted by Gasteiger charge is -2.31. The van der Waals surface area contributed by atoms with Gasteiger partial charge in [0.25, 0.3) is 0 Å². The molecule has 3 aromatic rings. The van der Waals surface area contributed by atoms with Crippen LogP contribution in [-0.4, -0.2) is 103 Å². The van der Waals surface area contributed by atoms with E-state index in [-0.39, 0.29) is 24.6 Å². The molecule has 2 aliphatic heterocycles. The molecule has 56 heavy (non-hydrogen) atoms. The maximum absolute atomic E-state index is 14.4. The molecule has 300 valence electrons. The van der Waals surface area contributed by atoms with E-state index in [0.29, 0.717) is 57.9 Å². The maximum atomic E-state index is 14.4. The number of carbonyl (C=O) groups is 3. The highest BCUT2D eigenvalue weighted by atomic mass is 32.1. The number of urea groups is 1. The molecule has 12 nitrogen and oxygen atoms in total. The van der Waals surface area contributed by atoms with Crippen LogP contribution in [-0.2, 0) is 27.3 Å². The molecule has 4 amide bonds. The summed E-state index contributed by atoms with van der Waals surface area (Å²) in [5.74, 6) is 0.0488. The van der Waals surface area contributed by atoms with Crippen LogP contribution in [0.2, 0.25) is 0 Å². The van der Waals surface area contributed by atoms with Crippen LogP contribution in [0.4, 0.5) is 9.59 Å². The van der Waals surface area contributed by atoms with Gasteiger partial charge in [0.15, 0.2) is 0 Å². The summed E-state index contributed by atoms with van der Waals surface area (Å²) in [7, 11) is 1.73. The monoisotopic (exact) mass is 783 g/mol.